The van der Waals surface area contributed by atoms with Gasteiger partial charge in [0.15, 0.2) is 0 Å². The van der Waals surface area contributed by atoms with E-state index in [9.17, 15) is 0 Å². The molecule has 0 aliphatic heterocycles. The SMILES string of the molecule is CCc1nn(C)cc1/C=C/CNCCOC. The predicted molar refractivity (Wildman–Crippen MR) is 66.4 cm³/mol. The van der Waals surface area contributed by atoms with E-state index in [1.54, 1.807) is 7.11 Å². The molecular weight excluding hydrogens is 202 g/mol. The fourth-order valence-corrected chi connectivity index (χ4v) is 1.51. The van der Waals surface area contributed by atoms with E-state index >= 15 is 0 Å². The molecule has 0 amide bonds. The summed E-state index contributed by atoms with van der Waals surface area (Å²) in [6, 6.07) is 0. The van der Waals surface area contributed by atoms with Gasteiger partial charge in [0.25, 0.3) is 0 Å². The second kappa shape index (κ2) is 7.19. The molecule has 4 heteroatoms. The van der Waals surface area contributed by atoms with Crippen molar-refractivity contribution in [2.75, 3.05) is 26.8 Å². The molecule has 1 aromatic heterocycles. The molecule has 0 aliphatic rings. The number of rotatable bonds is 7. The Bertz CT molecular complexity index is 331. The minimum atomic E-state index is 0.751. The van der Waals surface area contributed by atoms with Crippen LogP contribution in [-0.2, 0) is 18.2 Å². The van der Waals surface area contributed by atoms with Crippen LogP contribution in [0.5, 0.6) is 0 Å². The van der Waals surface area contributed by atoms with Gasteiger partial charge in [0, 0.05) is 39.0 Å². The number of nitrogens with one attached hydrogen (secondary N) is 1. The van der Waals surface area contributed by atoms with Gasteiger partial charge in [0.05, 0.1) is 12.3 Å². The van der Waals surface area contributed by atoms with Gasteiger partial charge in [-0.05, 0) is 6.42 Å². The first-order valence-corrected chi connectivity index (χ1v) is 5.66. The number of ether oxygens (including phenoxy) is 1. The van der Waals surface area contributed by atoms with Crippen LogP contribution in [0.25, 0.3) is 6.08 Å². The van der Waals surface area contributed by atoms with Crippen molar-refractivity contribution in [3.63, 3.8) is 0 Å². The van der Waals surface area contributed by atoms with Gasteiger partial charge in [-0.2, -0.15) is 5.10 Å². The zero-order valence-electron chi connectivity index (χ0n) is 10.4. The molecule has 0 atom stereocenters. The smallest absolute Gasteiger partial charge is 0.0693 e. The molecule has 0 aromatic carbocycles. The fraction of sp³-hybridized carbons (Fsp3) is 0.583. The first-order chi connectivity index (χ1) is 7.77. The molecule has 1 heterocycles. The van der Waals surface area contributed by atoms with Gasteiger partial charge in [-0.1, -0.05) is 19.1 Å². The second-order valence-corrected chi connectivity index (χ2v) is 3.66. The van der Waals surface area contributed by atoms with Crippen molar-refractivity contribution < 1.29 is 4.74 Å². The van der Waals surface area contributed by atoms with Crippen molar-refractivity contribution >= 4 is 6.08 Å². The Morgan fingerprint density at radius 3 is 3.06 bits per heavy atom. The minimum absolute atomic E-state index is 0.751. The summed E-state index contributed by atoms with van der Waals surface area (Å²) in [7, 11) is 3.66. The zero-order valence-corrected chi connectivity index (χ0v) is 10.4. The average molecular weight is 223 g/mol. The van der Waals surface area contributed by atoms with Crippen molar-refractivity contribution in [1.29, 1.82) is 0 Å². The Balaban J connectivity index is 2.37. The topological polar surface area (TPSA) is 39.1 Å². The standard InChI is InChI=1S/C12H21N3O/c1-4-12-11(10-15(2)14-12)6-5-7-13-8-9-16-3/h5-6,10,13H,4,7-9H2,1-3H3/b6-5+. The summed E-state index contributed by atoms with van der Waals surface area (Å²) >= 11 is 0. The maximum atomic E-state index is 4.95. The van der Waals surface area contributed by atoms with E-state index in [0.29, 0.717) is 0 Å². The molecule has 0 bridgehead atoms. The van der Waals surface area contributed by atoms with E-state index in [1.807, 2.05) is 17.9 Å². The molecule has 0 fully saturated rings. The lowest BCUT2D eigenvalue weighted by Gasteiger charge is -1.98. The van der Waals surface area contributed by atoms with Gasteiger partial charge < -0.3 is 10.1 Å². The number of nitrogens with zero attached hydrogens (tertiary/aromatic N) is 2. The van der Waals surface area contributed by atoms with Crippen LogP contribution in [0.1, 0.15) is 18.2 Å². The van der Waals surface area contributed by atoms with Gasteiger partial charge in [0.1, 0.15) is 0 Å². The van der Waals surface area contributed by atoms with E-state index in [-0.39, 0.29) is 0 Å². The van der Waals surface area contributed by atoms with Gasteiger partial charge in [0.2, 0.25) is 0 Å². The van der Waals surface area contributed by atoms with Crippen molar-refractivity contribution in [2.45, 2.75) is 13.3 Å². The maximum absolute atomic E-state index is 4.95. The number of aromatic nitrogens is 2. The lowest BCUT2D eigenvalue weighted by atomic mass is 10.2. The van der Waals surface area contributed by atoms with Gasteiger partial charge in [-0.25, -0.2) is 0 Å². The number of hydrogen-bond donors (Lipinski definition) is 1. The molecule has 1 N–H and O–H groups in total. The van der Waals surface area contributed by atoms with Crippen LogP contribution in [-0.4, -0.2) is 36.6 Å². The van der Waals surface area contributed by atoms with Crippen LogP contribution in [0.2, 0.25) is 0 Å². The number of aryl methyl sites for hydroxylation is 2. The highest BCUT2D eigenvalue weighted by molar-refractivity contribution is 5.51. The first-order valence-electron chi connectivity index (χ1n) is 5.66. The zero-order chi connectivity index (χ0) is 11.8. The quantitative estimate of drug-likeness (QED) is 0.707. The third-order valence-electron chi connectivity index (χ3n) is 2.32. The molecule has 0 saturated heterocycles. The Labute approximate surface area is 97.3 Å². The summed E-state index contributed by atoms with van der Waals surface area (Å²) in [5.74, 6) is 0. The average Bonchev–Trinajstić information content (AvgIpc) is 2.64. The molecule has 1 aromatic rings. The maximum Gasteiger partial charge on any atom is 0.0693 e. The van der Waals surface area contributed by atoms with Crippen molar-refractivity contribution in [3.8, 4) is 0 Å². The summed E-state index contributed by atoms with van der Waals surface area (Å²) < 4.78 is 6.80. The summed E-state index contributed by atoms with van der Waals surface area (Å²) in [6.07, 6.45) is 7.25. The molecule has 0 unspecified atom stereocenters. The molecule has 90 valence electrons. The summed E-state index contributed by atoms with van der Waals surface area (Å²) in [5, 5.41) is 7.64. The molecule has 0 saturated carbocycles. The first kappa shape index (κ1) is 12.9. The van der Waals surface area contributed by atoms with E-state index < -0.39 is 0 Å². The van der Waals surface area contributed by atoms with E-state index in [1.165, 1.54) is 5.56 Å². The van der Waals surface area contributed by atoms with Crippen molar-refractivity contribution in [1.82, 2.24) is 15.1 Å². The Morgan fingerprint density at radius 1 is 1.56 bits per heavy atom. The Kier molecular flexibility index (Phi) is 5.82. The Hall–Kier alpha value is -1.13. The summed E-state index contributed by atoms with van der Waals surface area (Å²) in [6.45, 7) is 4.62. The van der Waals surface area contributed by atoms with Crippen LogP contribution >= 0.6 is 0 Å². The highest BCUT2D eigenvalue weighted by Crippen LogP contribution is 2.08. The monoisotopic (exact) mass is 223 g/mol. The molecule has 1 rings (SSSR count). The lowest BCUT2D eigenvalue weighted by molar-refractivity contribution is 0.200. The van der Waals surface area contributed by atoms with Gasteiger partial charge in [-0.15, -0.1) is 0 Å². The molecular formula is C12H21N3O. The van der Waals surface area contributed by atoms with Gasteiger partial charge >= 0.3 is 0 Å². The van der Waals surface area contributed by atoms with Crippen LogP contribution < -0.4 is 5.32 Å². The van der Waals surface area contributed by atoms with Crippen molar-refractivity contribution in [3.05, 3.63) is 23.5 Å². The van der Waals surface area contributed by atoms with Crippen LogP contribution in [0, 0.1) is 0 Å². The lowest BCUT2D eigenvalue weighted by Crippen LogP contribution is -2.18. The molecule has 0 aliphatic carbocycles. The van der Waals surface area contributed by atoms with Crippen LogP contribution in [0.3, 0.4) is 0 Å². The van der Waals surface area contributed by atoms with Crippen LogP contribution in [0.15, 0.2) is 12.3 Å². The van der Waals surface area contributed by atoms with E-state index in [0.717, 1.165) is 31.8 Å². The molecule has 0 spiro atoms. The predicted octanol–water partition coefficient (Wildman–Crippen LogP) is 1.23. The second-order valence-electron chi connectivity index (χ2n) is 3.66. The van der Waals surface area contributed by atoms with Gasteiger partial charge in [-0.3, -0.25) is 4.68 Å². The van der Waals surface area contributed by atoms with Crippen molar-refractivity contribution in [2.24, 2.45) is 7.05 Å². The highest BCUT2D eigenvalue weighted by Gasteiger charge is 2.00. The van der Waals surface area contributed by atoms with E-state index in [4.69, 9.17) is 4.74 Å². The summed E-state index contributed by atoms with van der Waals surface area (Å²) in [4.78, 5) is 0. The van der Waals surface area contributed by atoms with E-state index in [2.05, 4.69) is 29.5 Å². The fourth-order valence-electron chi connectivity index (χ4n) is 1.51. The number of hydrogen-bond acceptors (Lipinski definition) is 3. The third kappa shape index (κ3) is 4.16. The molecule has 16 heavy (non-hydrogen) atoms. The minimum Gasteiger partial charge on any atom is -0.383 e. The number of methoxy groups -OCH3 is 1. The molecule has 0 radical (unpaired) electrons. The largest absolute Gasteiger partial charge is 0.383 e. The Morgan fingerprint density at radius 2 is 2.38 bits per heavy atom. The third-order valence-corrected chi connectivity index (χ3v) is 2.32. The highest BCUT2D eigenvalue weighted by atomic mass is 16.5. The van der Waals surface area contributed by atoms with Crippen LogP contribution in [0.4, 0.5) is 0 Å². The normalized spacial score (nSPS) is 11.4. The summed E-state index contributed by atoms with van der Waals surface area (Å²) in [5.41, 5.74) is 2.36. The molecule has 4 nitrogen and oxygen atoms in total.